The van der Waals surface area contributed by atoms with Crippen molar-refractivity contribution in [3.8, 4) is 0 Å². The molecule has 21 heavy (non-hydrogen) atoms. The third-order valence-electron chi connectivity index (χ3n) is 3.31. The van der Waals surface area contributed by atoms with Gasteiger partial charge in [-0.15, -0.1) is 11.8 Å². The summed E-state index contributed by atoms with van der Waals surface area (Å²) in [6, 6.07) is 7.95. The minimum atomic E-state index is 0.0102. The van der Waals surface area contributed by atoms with E-state index in [9.17, 15) is 4.79 Å². The number of thioether (sulfide) groups is 1. The fourth-order valence-corrected chi connectivity index (χ4v) is 2.95. The van der Waals surface area contributed by atoms with Crippen LogP contribution in [0.2, 0.25) is 0 Å². The molecule has 1 aromatic carbocycles. The van der Waals surface area contributed by atoms with E-state index in [4.69, 9.17) is 4.52 Å². The smallest absolute Gasteiger partial charge is 0.234 e. The van der Waals surface area contributed by atoms with Crippen molar-refractivity contribution in [2.24, 2.45) is 0 Å². The number of amides is 1. The predicted molar refractivity (Wildman–Crippen MR) is 86.6 cm³/mol. The first-order valence-corrected chi connectivity index (χ1v) is 8.14. The van der Waals surface area contributed by atoms with Crippen molar-refractivity contribution in [2.75, 3.05) is 11.1 Å². The number of hydrogen-bond acceptors (Lipinski definition) is 4. The van der Waals surface area contributed by atoms with Gasteiger partial charge in [-0.25, -0.2) is 0 Å². The Morgan fingerprint density at radius 3 is 2.57 bits per heavy atom. The van der Waals surface area contributed by atoms with Crippen LogP contribution in [0, 0.1) is 13.8 Å². The molecule has 5 heteroatoms. The van der Waals surface area contributed by atoms with Crippen LogP contribution in [0.5, 0.6) is 0 Å². The largest absolute Gasteiger partial charge is 0.361 e. The average molecular weight is 304 g/mol. The van der Waals surface area contributed by atoms with Gasteiger partial charge in [0.15, 0.2) is 0 Å². The number of carbonyl (C=O) groups excluding carboxylic acids is 1. The summed E-state index contributed by atoms with van der Waals surface area (Å²) in [7, 11) is 0. The van der Waals surface area contributed by atoms with Crippen LogP contribution in [0.25, 0.3) is 0 Å². The summed E-state index contributed by atoms with van der Waals surface area (Å²) in [5, 5.41) is 6.81. The molecule has 0 unspecified atom stereocenters. The number of rotatable bonds is 6. The molecule has 0 aliphatic heterocycles. The summed E-state index contributed by atoms with van der Waals surface area (Å²) in [6.07, 6.45) is 1.00. The molecule has 2 aromatic rings. The topological polar surface area (TPSA) is 55.1 Å². The first kappa shape index (κ1) is 15.6. The van der Waals surface area contributed by atoms with Crippen molar-refractivity contribution in [1.82, 2.24) is 5.16 Å². The predicted octanol–water partition coefficient (Wildman–Crippen LogP) is 3.73. The van der Waals surface area contributed by atoms with Crippen molar-refractivity contribution in [3.63, 3.8) is 0 Å². The minimum absolute atomic E-state index is 0.0102. The molecule has 0 aliphatic carbocycles. The van der Waals surface area contributed by atoms with E-state index in [-0.39, 0.29) is 5.91 Å². The Bertz CT molecular complexity index is 586. The molecule has 1 amide bonds. The second-order valence-electron chi connectivity index (χ2n) is 4.89. The molecular weight excluding hydrogens is 284 g/mol. The molecule has 4 nitrogen and oxygen atoms in total. The normalized spacial score (nSPS) is 10.6. The molecule has 0 bridgehead atoms. The van der Waals surface area contributed by atoms with E-state index in [1.807, 2.05) is 38.1 Å². The van der Waals surface area contributed by atoms with Gasteiger partial charge in [0.2, 0.25) is 5.91 Å². The number of hydrogen-bond donors (Lipinski definition) is 1. The Labute approximate surface area is 129 Å². The highest BCUT2D eigenvalue weighted by atomic mass is 32.2. The Morgan fingerprint density at radius 2 is 2.00 bits per heavy atom. The van der Waals surface area contributed by atoms with Crippen molar-refractivity contribution in [3.05, 3.63) is 46.8 Å². The molecule has 0 saturated carbocycles. The molecular formula is C16H20N2O2S. The summed E-state index contributed by atoms with van der Waals surface area (Å²) in [4.78, 5) is 11.9. The maximum atomic E-state index is 11.9. The van der Waals surface area contributed by atoms with Gasteiger partial charge >= 0.3 is 0 Å². The van der Waals surface area contributed by atoms with Gasteiger partial charge in [-0.2, -0.15) is 0 Å². The van der Waals surface area contributed by atoms with Gasteiger partial charge in [0.1, 0.15) is 5.76 Å². The van der Waals surface area contributed by atoms with Crippen LogP contribution in [0.3, 0.4) is 0 Å². The molecule has 0 atom stereocenters. The number of aromatic nitrogens is 1. The van der Waals surface area contributed by atoms with Crippen molar-refractivity contribution >= 4 is 23.4 Å². The second kappa shape index (κ2) is 7.31. The summed E-state index contributed by atoms with van der Waals surface area (Å²) in [5.41, 5.74) is 4.09. The minimum Gasteiger partial charge on any atom is -0.361 e. The van der Waals surface area contributed by atoms with Crippen LogP contribution in [0.4, 0.5) is 5.69 Å². The van der Waals surface area contributed by atoms with Gasteiger partial charge < -0.3 is 9.84 Å². The lowest BCUT2D eigenvalue weighted by atomic mass is 10.1. The summed E-state index contributed by atoms with van der Waals surface area (Å²) < 4.78 is 5.11. The van der Waals surface area contributed by atoms with E-state index in [0.717, 1.165) is 34.9 Å². The lowest BCUT2D eigenvalue weighted by molar-refractivity contribution is -0.113. The lowest BCUT2D eigenvalue weighted by Gasteiger charge is -2.06. The van der Waals surface area contributed by atoms with Crippen molar-refractivity contribution in [1.29, 1.82) is 0 Å². The molecule has 1 heterocycles. The monoisotopic (exact) mass is 304 g/mol. The molecule has 1 N–H and O–H groups in total. The maximum absolute atomic E-state index is 11.9. The zero-order valence-corrected chi connectivity index (χ0v) is 13.4. The highest BCUT2D eigenvalue weighted by Gasteiger charge is 2.10. The quantitative estimate of drug-likeness (QED) is 0.883. The van der Waals surface area contributed by atoms with Gasteiger partial charge in [0.25, 0.3) is 0 Å². The van der Waals surface area contributed by atoms with Crippen LogP contribution >= 0.6 is 11.8 Å². The number of nitrogens with zero attached hydrogens (tertiary/aromatic N) is 1. The van der Waals surface area contributed by atoms with Crippen LogP contribution in [0.1, 0.15) is 29.5 Å². The molecule has 0 radical (unpaired) electrons. The van der Waals surface area contributed by atoms with Gasteiger partial charge in [0, 0.05) is 17.0 Å². The number of carbonyl (C=O) groups is 1. The zero-order chi connectivity index (χ0) is 15.2. The molecule has 112 valence electrons. The van der Waals surface area contributed by atoms with Crippen LogP contribution < -0.4 is 5.32 Å². The second-order valence-corrected chi connectivity index (χ2v) is 5.88. The fourth-order valence-electron chi connectivity index (χ4n) is 1.97. The van der Waals surface area contributed by atoms with Crippen molar-refractivity contribution in [2.45, 2.75) is 32.9 Å². The van der Waals surface area contributed by atoms with E-state index in [1.54, 1.807) is 11.8 Å². The first-order valence-electron chi connectivity index (χ1n) is 6.98. The standard InChI is InChI=1S/C16H20N2O2S/c1-4-13-5-7-14(8-6-13)17-16(19)10-21-9-15-11(2)18-20-12(15)3/h5-8H,4,9-10H2,1-3H3,(H,17,19). The number of benzene rings is 1. The third-order valence-corrected chi connectivity index (χ3v) is 4.27. The molecule has 0 saturated heterocycles. The van der Waals surface area contributed by atoms with E-state index in [0.29, 0.717) is 5.75 Å². The van der Waals surface area contributed by atoms with Crippen molar-refractivity contribution < 1.29 is 9.32 Å². The number of nitrogens with one attached hydrogen (secondary N) is 1. The van der Waals surface area contributed by atoms with E-state index in [2.05, 4.69) is 17.4 Å². The number of anilines is 1. The third kappa shape index (κ3) is 4.36. The van der Waals surface area contributed by atoms with Crippen LogP contribution in [-0.2, 0) is 17.0 Å². The summed E-state index contributed by atoms with van der Waals surface area (Å²) in [6.45, 7) is 5.92. The SMILES string of the molecule is CCc1ccc(NC(=O)CSCc2c(C)noc2C)cc1. The Hall–Kier alpha value is -1.75. The zero-order valence-electron chi connectivity index (χ0n) is 12.6. The molecule has 0 spiro atoms. The Morgan fingerprint density at radius 1 is 1.29 bits per heavy atom. The average Bonchev–Trinajstić information content (AvgIpc) is 2.80. The lowest BCUT2D eigenvalue weighted by Crippen LogP contribution is -2.14. The molecule has 0 aliphatic rings. The number of aryl methyl sites for hydroxylation is 3. The van der Waals surface area contributed by atoms with Crippen LogP contribution in [-0.4, -0.2) is 16.8 Å². The first-order chi connectivity index (χ1) is 10.1. The van der Waals surface area contributed by atoms with Gasteiger partial charge in [0.05, 0.1) is 11.4 Å². The summed E-state index contributed by atoms with van der Waals surface area (Å²) >= 11 is 1.56. The fraction of sp³-hybridized carbons (Fsp3) is 0.375. The Kier molecular flexibility index (Phi) is 5.44. The Balaban J connectivity index is 1.79. The van der Waals surface area contributed by atoms with E-state index in [1.165, 1.54) is 5.56 Å². The van der Waals surface area contributed by atoms with Crippen LogP contribution in [0.15, 0.2) is 28.8 Å². The molecule has 1 aromatic heterocycles. The van der Waals surface area contributed by atoms with Gasteiger partial charge in [-0.05, 0) is 38.0 Å². The van der Waals surface area contributed by atoms with Gasteiger partial charge in [-0.3, -0.25) is 4.79 Å². The highest BCUT2D eigenvalue weighted by Crippen LogP contribution is 2.19. The van der Waals surface area contributed by atoms with Gasteiger partial charge in [-0.1, -0.05) is 24.2 Å². The summed E-state index contributed by atoms with van der Waals surface area (Å²) in [5.74, 6) is 2.00. The molecule has 2 rings (SSSR count). The highest BCUT2D eigenvalue weighted by molar-refractivity contribution is 7.99. The van der Waals surface area contributed by atoms with E-state index < -0.39 is 0 Å². The maximum Gasteiger partial charge on any atom is 0.234 e. The molecule has 0 fully saturated rings. The van der Waals surface area contributed by atoms with E-state index >= 15 is 0 Å².